The van der Waals surface area contributed by atoms with E-state index in [0.29, 0.717) is 6.54 Å². The van der Waals surface area contributed by atoms with Crippen LogP contribution in [0.25, 0.3) is 0 Å². The van der Waals surface area contributed by atoms with Gasteiger partial charge in [-0.25, -0.2) is 0 Å². The smallest absolute Gasteiger partial charge is 0.240 e. The van der Waals surface area contributed by atoms with E-state index in [2.05, 4.69) is 5.32 Å². The summed E-state index contributed by atoms with van der Waals surface area (Å²) in [6.45, 7) is 10.2. The fourth-order valence-corrected chi connectivity index (χ4v) is 1.59. The number of carbonyl (C=O) groups excluding carboxylic acids is 2. The summed E-state index contributed by atoms with van der Waals surface area (Å²) in [6.07, 6.45) is 0.850. The van der Waals surface area contributed by atoms with Gasteiger partial charge in [0.1, 0.15) is 0 Å². The maximum atomic E-state index is 12.1. The van der Waals surface area contributed by atoms with Gasteiger partial charge >= 0.3 is 0 Å². The summed E-state index contributed by atoms with van der Waals surface area (Å²) < 4.78 is 0. The standard InChI is InChI=1S/C13H27N3O2/c1-6-10(5)12(14)13(18)16(7-2)8-11(17)15-9(3)4/h9-10,12H,6-8,14H2,1-5H3,(H,15,17)/t10-,12-/m0/s1. The molecule has 0 aromatic rings. The molecule has 0 fully saturated rings. The molecular formula is C13H27N3O2. The van der Waals surface area contributed by atoms with Gasteiger partial charge in [-0.15, -0.1) is 0 Å². The number of rotatable bonds is 7. The van der Waals surface area contributed by atoms with Gasteiger partial charge in [0.25, 0.3) is 0 Å². The normalized spacial score (nSPS) is 14.2. The number of carbonyl (C=O) groups is 2. The van der Waals surface area contributed by atoms with Crippen LogP contribution < -0.4 is 11.1 Å². The first-order valence-electron chi connectivity index (χ1n) is 6.67. The van der Waals surface area contributed by atoms with Crippen molar-refractivity contribution in [2.24, 2.45) is 11.7 Å². The summed E-state index contributed by atoms with van der Waals surface area (Å²) >= 11 is 0. The van der Waals surface area contributed by atoms with Gasteiger partial charge in [-0.05, 0) is 26.7 Å². The molecule has 0 heterocycles. The SMILES string of the molecule is CC[C@H](C)[C@H](N)C(=O)N(CC)CC(=O)NC(C)C. The summed E-state index contributed by atoms with van der Waals surface area (Å²) in [7, 11) is 0. The van der Waals surface area contributed by atoms with Crippen molar-refractivity contribution in [1.29, 1.82) is 0 Å². The average Bonchev–Trinajstić information content (AvgIpc) is 2.32. The second kappa shape index (κ2) is 8.08. The summed E-state index contributed by atoms with van der Waals surface area (Å²) in [5.41, 5.74) is 5.90. The van der Waals surface area contributed by atoms with Crippen molar-refractivity contribution in [1.82, 2.24) is 10.2 Å². The topological polar surface area (TPSA) is 75.4 Å². The van der Waals surface area contributed by atoms with Gasteiger partial charge in [0.2, 0.25) is 11.8 Å². The van der Waals surface area contributed by atoms with E-state index >= 15 is 0 Å². The molecular weight excluding hydrogens is 230 g/mol. The molecule has 3 N–H and O–H groups in total. The van der Waals surface area contributed by atoms with Crippen molar-refractivity contribution in [3.63, 3.8) is 0 Å². The minimum absolute atomic E-state index is 0.0783. The van der Waals surface area contributed by atoms with Gasteiger partial charge in [-0.3, -0.25) is 9.59 Å². The van der Waals surface area contributed by atoms with Crippen molar-refractivity contribution in [2.75, 3.05) is 13.1 Å². The lowest BCUT2D eigenvalue weighted by molar-refractivity contribution is -0.138. The van der Waals surface area contributed by atoms with Crippen molar-refractivity contribution >= 4 is 11.8 Å². The molecule has 0 bridgehead atoms. The number of nitrogens with zero attached hydrogens (tertiary/aromatic N) is 1. The molecule has 0 aromatic carbocycles. The van der Waals surface area contributed by atoms with Crippen LogP contribution in [0.4, 0.5) is 0 Å². The van der Waals surface area contributed by atoms with Crippen molar-refractivity contribution in [3.8, 4) is 0 Å². The lowest BCUT2D eigenvalue weighted by Crippen LogP contribution is -2.50. The first-order valence-corrected chi connectivity index (χ1v) is 6.67. The molecule has 18 heavy (non-hydrogen) atoms. The third kappa shape index (κ3) is 5.49. The number of nitrogens with one attached hydrogen (secondary N) is 1. The van der Waals surface area contributed by atoms with Gasteiger partial charge in [0.05, 0.1) is 12.6 Å². The molecule has 0 aliphatic rings. The Morgan fingerprint density at radius 2 is 1.78 bits per heavy atom. The Balaban J connectivity index is 4.49. The van der Waals surface area contributed by atoms with E-state index in [9.17, 15) is 9.59 Å². The quantitative estimate of drug-likeness (QED) is 0.706. The van der Waals surface area contributed by atoms with E-state index in [1.807, 2.05) is 34.6 Å². The molecule has 106 valence electrons. The number of nitrogens with two attached hydrogens (primary N) is 1. The van der Waals surface area contributed by atoms with E-state index in [-0.39, 0.29) is 30.3 Å². The Morgan fingerprint density at radius 3 is 2.17 bits per heavy atom. The molecule has 0 radical (unpaired) electrons. The van der Waals surface area contributed by atoms with Crippen LogP contribution >= 0.6 is 0 Å². The zero-order valence-electron chi connectivity index (χ0n) is 12.2. The summed E-state index contributed by atoms with van der Waals surface area (Å²) in [4.78, 5) is 25.3. The van der Waals surface area contributed by atoms with Crippen molar-refractivity contribution < 1.29 is 9.59 Å². The molecule has 5 heteroatoms. The van der Waals surface area contributed by atoms with Crippen LogP contribution in [0.2, 0.25) is 0 Å². The minimum atomic E-state index is -0.526. The zero-order valence-corrected chi connectivity index (χ0v) is 12.2. The average molecular weight is 257 g/mol. The predicted octanol–water partition coefficient (Wildman–Crippen LogP) is 0.733. The Bertz CT molecular complexity index is 279. The molecule has 0 unspecified atom stereocenters. The molecule has 0 aliphatic carbocycles. The van der Waals surface area contributed by atoms with Crippen molar-refractivity contribution in [3.05, 3.63) is 0 Å². The molecule has 2 atom stereocenters. The fraction of sp³-hybridized carbons (Fsp3) is 0.846. The highest BCUT2D eigenvalue weighted by Crippen LogP contribution is 2.08. The van der Waals surface area contributed by atoms with Crippen LogP contribution in [0.5, 0.6) is 0 Å². The van der Waals surface area contributed by atoms with E-state index < -0.39 is 6.04 Å². The highest BCUT2D eigenvalue weighted by Gasteiger charge is 2.25. The number of hydrogen-bond acceptors (Lipinski definition) is 3. The lowest BCUT2D eigenvalue weighted by atomic mass is 9.99. The van der Waals surface area contributed by atoms with E-state index in [1.54, 1.807) is 0 Å². The highest BCUT2D eigenvalue weighted by molar-refractivity contribution is 5.87. The first kappa shape index (κ1) is 16.9. The fourth-order valence-electron chi connectivity index (χ4n) is 1.59. The summed E-state index contributed by atoms with van der Waals surface area (Å²) in [5, 5.41) is 2.77. The molecule has 0 rings (SSSR count). The Labute approximate surface area is 110 Å². The molecule has 0 spiro atoms. The van der Waals surface area contributed by atoms with E-state index in [1.165, 1.54) is 4.90 Å². The van der Waals surface area contributed by atoms with Gasteiger partial charge in [0, 0.05) is 12.6 Å². The third-order valence-corrected chi connectivity index (χ3v) is 3.02. The number of likely N-dealkylation sites (N-methyl/N-ethyl adjacent to an activating group) is 1. The van der Waals surface area contributed by atoms with Gasteiger partial charge in [-0.2, -0.15) is 0 Å². The maximum Gasteiger partial charge on any atom is 0.240 e. The first-order chi connectivity index (χ1) is 8.33. The Morgan fingerprint density at radius 1 is 1.22 bits per heavy atom. The van der Waals surface area contributed by atoms with Crippen LogP contribution in [0.1, 0.15) is 41.0 Å². The summed E-state index contributed by atoms with van der Waals surface area (Å²) in [5.74, 6) is -0.165. The molecule has 0 saturated carbocycles. The highest BCUT2D eigenvalue weighted by atomic mass is 16.2. The maximum absolute atomic E-state index is 12.1. The van der Waals surface area contributed by atoms with Gasteiger partial charge in [0.15, 0.2) is 0 Å². The number of amides is 2. The van der Waals surface area contributed by atoms with Gasteiger partial charge < -0.3 is 16.0 Å². The van der Waals surface area contributed by atoms with E-state index in [0.717, 1.165) is 6.42 Å². The van der Waals surface area contributed by atoms with Crippen LogP contribution in [0.15, 0.2) is 0 Å². The Kier molecular flexibility index (Phi) is 7.59. The largest absolute Gasteiger partial charge is 0.352 e. The third-order valence-electron chi connectivity index (χ3n) is 3.02. The second-order valence-electron chi connectivity index (χ2n) is 4.99. The molecule has 2 amide bonds. The zero-order chi connectivity index (χ0) is 14.3. The van der Waals surface area contributed by atoms with Crippen LogP contribution in [0.3, 0.4) is 0 Å². The molecule has 0 saturated heterocycles. The summed E-state index contributed by atoms with van der Waals surface area (Å²) in [6, 6.07) is -0.448. The monoisotopic (exact) mass is 257 g/mol. The van der Waals surface area contributed by atoms with Gasteiger partial charge in [-0.1, -0.05) is 20.3 Å². The number of hydrogen-bond donors (Lipinski definition) is 2. The van der Waals surface area contributed by atoms with Crippen LogP contribution in [-0.2, 0) is 9.59 Å². The minimum Gasteiger partial charge on any atom is -0.352 e. The molecule has 0 aliphatic heterocycles. The molecule has 0 aromatic heterocycles. The lowest BCUT2D eigenvalue weighted by Gasteiger charge is -2.26. The second-order valence-corrected chi connectivity index (χ2v) is 4.99. The van der Waals surface area contributed by atoms with Crippen LogP contribution in [0, 0.1) is 5.92 Å². The van der Waals surface area contributed by atoms with Crippen LogP contribution in [-0.4, -0.2) is 41.9 Å². The van der Waals surface area contributed by atoms with Crippen molar-refractivity contribution in [2.45, 2.75) is 53.1 Å². The van der Waals surface area contributed by atoms with E-state index in [4.69, 9.17) is 5.73 Å². The molecule has 5 nitrogen and oxygen atoms in total. The Hall–Kier alpha value is -1.10. The predicted molar refractivity (Wildman–Crippen MR) is 73.0 cm³/mol.